The van der Waals surface area contributed by atoms with Crippen LogP contribution in [0.25, 0.3) is 0 Å². The SMILES string of the molecule is CN1CCN(CCCCC(=O)NN)CC1. The summed E-state index contributed by atoms with van der Waals surface area (Å²) in [5.41, 5.74) is 2.15. The molecule has 1 aliphatic heterocycles. The second-order valence-electron chi connectivity index (χ2n) is 4.17. The molecule has 1 heterocycles. The number of rotatable bonds is 5. The minimum atomic E-state index is -0.0617. The fourth-order valence-electron chi connectivity index (χ4n) is 1.76. The second kappa shape index (κ2) is 6.76. The van der Waals surface area contributed by atoms with Crippen molar-refractivity contribution in [3.63, 3.8) is 0 Å². The molecule has 5 nitrogen and oxygen atoms in total. The largest absolute Gasteiger partial charge is 0.304 e. The summed E-state index contributed by atoms with van der Waals surface area (Å²) in [5.74, 6) is 4.94. The van der Waals surface area contributed by atoms with E-state index >= 15 is 0 Å². The van der Waals surface area contributed by atoms with Crippen LogP contribution in [0.15, 0.2) is 0 Å². The van der Waals surface area contributed by atoms with Crippen molar-refractivity contribution in [3.05, 3.63) is 0 Å². The van der Waals surface area contributed by atoms with Crippen LogP contribution in [0.4, 0.5) is 0 Å². The monoisotopic (exact) mass is 214 g/mol. The highest BCUT2D eigenvalue weighted by atomic mass is 16.2. The van der Waals surface area contributed by atoms with E-state index in [1.54, 1.807) is 0 Å². The summed E-state index contributed by atoms with van der Waals surface area (Å²) >= 11 is 0. The molecule has 0 aliphatic carbocycles. The molecule has 88 valence electrons. The first-order chi connectivity index (χ1) is 7.22. The summed E-state index contributed by atoms with van der Waals surface area (Å²) in [6, 6.07) is 0. The molecule has 1 rings (SSSR count). The fraction of sp³-hybridized carbons (Fsp3) is 0.900. The lowest BCUT2D eigenvalue weighted by Crippen LogP contribution is -2.44. The number of hydrogen-bond donors (Lipinski definition) is 2. The maximum absolute atomic E-state index is 10.8. The first-order valence-electron chi connectivity index (χ1n) is 5.62. The van der Waals surface area contributed by atoms with Crippen LogP contribution in [0, 0.1) is 0 Å². The van der Waals surface area contributed by atoms with Crippen LogP contribution in [0.3, 0.4) is 0 Å². The molecule has 15 heavy (non-hydrogen) atoms. The van der Waals surface area contributed by atoms with Gasteiger partial charge in [0, 0.05) is 32.6 Å². The van der Waals surface area contributed by atoms with Crippen LogP contribution in [-0.2, 0) is 4.79 Å². The van der Waals surface area contributed by atoms with Crippen LogP contribution in [-0.4, -0.2) is 55.5 Å². The summed E-state index contributed by atoms with van der Waals surface area (Å²) in [6.07, 6.45) is 2.55. The van der Waals surface area contributed by atoms with Crippen molar-refractivity contribution in [3.8, 4) is 0 Å². The number of hydrogen-bond acceptors (Lipinski definition) is 4. The van der Waals surface area contributed by atoms with Gasteiger partial charge in [-0.15, -0.1) is 0 Å². The molecule has 0 spiro atoms. The smallest absolute Gasteiger partial charge is 0.233 e. The summed E-state index contributed by atoms with van der Waals surface area (Å²) in [4.78, 5) is 15.7. The zero-order valence-corrected chi connectivity index (χ0v) is 9.54. The number of unbranched alkanes of at least 4 members (excludes halogenated alkanes) is 1. The molecule has 0 aromatic heterocycles. The van der Waals surface area contributed by atoms with Gasteiger partial charge in [0.1, 0.15) is 0 Å². The predicted octanol–water partition coefficient (Wildman–Crippen LogP) is -0.606. The van der Waals surface area contributed by atoms with Crippen molar-refractivity contribution in [2.24, 2.45) is 5.84 Å². The van der Waals surface area contributed by atoms with Gasteiger partial charge in [-0.1, -0.05) is 0 Å². The molecule has 5 heteroatoms. The van der Waals surface area contributed by atoms with E-state index in [0.717, 1.165) is 45.6 Å². The van der Waals surface area contributed by atoms with Crippen LogP contribution in [0.2, 0.25) is 0 Å². The summed E-state index contributed by atoms with van der Waals surface area (Å²) in [6.45, 7) is 5.72. The van der Waals surface area contributed by atoms with Gasteiger partial charge >= 0.3 is 0 Å². The second-order valence-corrected chi connectivity index (χ2v) is 4.17. The van der Waals surface area contributed by atoms with E-state index in [4.69, 9.17) is 5.84 Å². The van der Waals surface area contributed by atoms with Crippen molar-refractivity contribution >= 4 is 5.91 Å². The topological polar surface area (TPSA) is 61.6 Å². The van der Waals surface area contributed by atoms with E-state index in [1.165, 1.54) is 0 Å². The number of nitrogens with zero attached hydrogens (tertiary/aromatic N) is 2. The van der Waals surface area contributed by atoms with Crippen LogP contribution >= 0.6 is 0 Å². The van der Waals surface area contributed by atoms with E-state index in [1.807, 2.05) is 0 Å². The van der Waals surface area contributed by atoms with Crippen LogP contribution in [0.5, 0.6) is 0 Å². The molecule has 0 saturated carbocycles. The predicted molar refractivity (Wildman–Crippen MR) is 60.1 cm³/mol. The molecule has 1 amide bonds. The summed E-state index contributed by atoms with van der Waals surface area (Å²) < 4.78 is 0. The lowest BCUT2D eigenvalue weighted by molar-refractivity contribution is -0.121. The first-order valence-corrected chi connectivity index (χ1v) is 5.62. The Labute approximate surface area is 91.6 Å². The Hall–Kier alpha value is -0.650. The minimum absolute atomic E-state index is 0.0617. The quantitative estimate of drug-likeness (QED) is 0.277. The normalized spacial score (nSPS) is 19.1. The van der Waals surface area contributed by atoms with Gasteiger partial charge in [-0.05, 0) is 26.4 Å². The van der Waals surface area contributed by atoms with Crippen LogP contribution < -0.4 is 11.3 Å². The van der Waals surface area contributed by atoms with E-state index in [9.17, 15) is 4.79 Å². The molecular formula is C10H22N4O. The van der Waals surface area contributed by atoms with E-state index < -0.39 is 0 Å². The number of likely N-dealkylation sites (N-methyl/N-ethyl adjacent to an activating group) is 1. The highest BCUT2D eigenvalue weighted by molar-refractivity contribution is 5.75. The van der Waals surface area contributed by atoms with Crippen molar-refractivity contribution in [1.29, 1.82) is 0 Å². The van der Waals surface area contributed by atoms with Gasteiger partial charge < -0.3 is 9.80 Å². The number of nitrogens with two attached hydrogens (primary N) is 1. The van der Waals surface area contributed by atoms with Gasteiger partial charge in [0.15, 0.2) is 0 Å². The molecule has 1 fully saturated rings. The summed E-state index contributed by atoms with van der Waals surface area (Å²) in [5, 5.41) is 0. The van der Waals surface area contributed by atoms with E-state index in [0.29, 0.717) is 6.42 Å². The highest BCUT2D eigenvalue weighted by Gasteiger charge is 2.12. The lowest BCUT2D eigenvalue weighted by Gasteiger charge is -2.32. The standard InChI is InChI=1S/C10H22N4O/c1-13-6-8-14(9-7-13)5-3-2-4-10(15)12-11/h2-9,11H2,1H3,(H,12,15). The van der Waals surface area contributed by atoms with Gasteiger partial charge in [-0.2, -0.15) is 0 Å². The van der Waals surface area contributed by atoms with Gasteiger partial charge in [-0.3, -0.25) is 10.2 Å². The number of piperazine rings is 1. The molecule has 1 saturated heterocycles. The van der Waals surface area contributed by atoms with Gasteiger partial charge in [-0.25, -0.2) is 5.84 Å². The number of nitrogens with one attached hydrogen (secondary N) is 1. The zero-order chi connectivity index (χ0) is 11.1. The number of carbonyl (C=O) groups excluding carboxylic acids is 1. The Morgan fingerprint density at radius 3 is 2.53 bits per heavy atom. The van der Waals surface area contributed by atoms with Gasteiger partial charge in [0.2, 0.25) is 5.91 Å². The fourth-order valence-corrected chi connectivity index (χ4v) is 1.76. The Bertz CT molecular complexity index is 190. The maximum atomic E-state index is 10.8. The third-order valence-electron chi connectivity index (χ3n) is 2.89. The highest BCUT2D eigenvalue weighted by Crippen LogP contribution is 2.02. The molecule has 0 unspecified atom stereocenters. The van der Waals surface area contributed by atoms with Crippen molar-refractivity contribution in [2.75, 3.05) is 39.8 Å². The molecule has 0 atom stereocenters. The van der Waals surface area contributed by atoms with E-state index in [-0.39, 0.29) is 5.91 Å². The minimum Gasteiger partial charge on any atom is -0.304 e. The van der Waals surface area contributed by atoms with Gasteiger partial charge in [0.25, 0.3) is 0 Å². The molecule has 0 bridgehead atoms. The number of amides is 1. The third-order valence-corrected chi connectivity index (χ3v) is 2.89. The average Bonchev–Trinajstić information content (AvgIpc) is 2.26. The Kier molecular flexibility index (Phi) is 5.60. The molecule has 3 N–H and O–H groups in total. The Morgan fingerprint density at radius 1 is 1.27 bits per heavy atom. The summed E-state index contributed by atoms with van der Waals surface area (Å²) in [7, 11) is 2.16. The number of hydrazine groups is 1. The van der Waals surface area contributed by atoms with E-state index in [2.05, 4.69) is 22.3 Å². The Morgan fingerprint density at radius 2 is 1.93 bits per heavy atom. The van der Waals surface area contributed by atoms with Crippen molar-refractivity contribution in [2.45, 2.75) is 19.3 Å². The van der Waals surface area contributed by atoms with Crippen LogP contribution in [0.1, 0.15) is 19.3 Å². The van der Waals surface area contributed by atoms with Gasteiger partial charge in [0.05, 0.1) is 0 Å². The average molecular weight is 214 g/mol. The maximum Gasteiger partial charge on any atom is 0.233 e. The third kappa shape index (κ3) is 5.11. The Balaban J connectivity index is 1.98. The zero-order valence-electron chi connectivity index (χ0n) is 9.54. The molecule has 1 aliphatic rings. The molecular weight excluding hydrogens is 192 g/mol. The van der Waals surface area contributed by atoms with Crippen molar-refractivity contribution < 1.29 is 4.79 Å². The van der Waals surface area contributed by atoms with Crippen molar-refractivity contribution in [1.82, 2.24) is 15.2 Å². The number of carbonyl (C=O) groups is 1. The molecule has 0 aromatic carbocycles. The lowest BCUT2D eigenvalue weighted by atomic mass is 10.2. The molecule has 0 aromatic rings. The first kappa shape index (κ1) is 12.4. The molecule has 0 radical (unpaired) electrons.